The summed E-state index contributed by atoms with van der Waals surface area (Å²) in [4.78, 5) is 43.0. The fourth-order valence-corrected chi connectivity index (χ4v) is 6.98. The van der Waals surface area contributed by atoms with Crippen LogP contribution in [-0.4, -0.2) is 44.2 Å². The number of ether oxygens (including phenoxy) is 3. The van der Waals surface area contributed by atoms with Crippen LogP contribution < -0.4 is 35.6 Å². The number of hydrogen-bond donors (Lipinski definition) is 4. The second-order valence-corrected chi connectivity index (χ2v) is 12.0. The largest absolute Gasteiger partial charge is 0.493 e. The summed E-state index contributed by atoms with van der Waals surface area (Å²) in [5.74, 6) is 1.04. The summed E-state index contributed by atoms with van der Waals surface area (Å²) >= 11 is 0. The van der Waals surface area contributed by atoms with E-state index < -0.39 is 12.1 Å². The van der Waals surface area contributed by atoms with Crippen molar-refractivity contribution in [3.05, 3.63) is 81.1 Å². The normalized spacial score (nSPS) is 17.4. The molecule has 10 nitrogen and oxygen atoms in total. The minimum atomic E-state index is -0.693. The molecule has 46 heavy (non-hydrogen) atoms. The first kappa shape index (κ1) is 31.0. The van der Waals surface area contributed by atoms with Gasteiger partial charge < -0.3 is 35.1 Å². The molecule has 6 rings (SSSR count). The second kappa shape index (κ2) is 12.8. The number of methoxy groups -OCH3 is 3. The number of hydrogen-bond acceptors (Lipinski definition) is 7. The number of carbonyl (C=O) groups excluding carboxylic acids is 2. The molecule has 0 saturated carbocycles. The molecule has 3 atom stereocenters. The van der Waals surface area contributed by atoms with Crippen LogP contribution in [0.5, 0.6) is 17.2 Å². The predicted molar refractivity (Wildman–Crippen MR) is 178 cm³/mol. The number of para-hydroxylation sites is 1. The summed E-state index contributed by atoms with van der Waals surface area (Å²) in [6.07, 6.45) is 3.93. The Morgan fingerprint density at radius 1 is 0.913 bits per heavy atom. The number of carbonyl (C=O) groups is 2. The van der Waals surface area contributed by atoms with Crippen LogP contribution in [0.2, 0.25) is 0 Å². The molecule has 0 saturated heterocycles. The lowest BCUT2D eigenvalue weighted by Crippen LogP contribution is -2.41. The van der Waals surface area contributed by atoms with Crippen molar-refractivity contribution < 1.29 is 23.8 Å². The molecule has 1 aromatic heterocycles. The van der Waals surface area contributed by atoms with E-state index in [2.05, 4.69) is 33.1 Å². The van der Waals surface area contributed by atoms with Gasteiger partial charge in [0.15, 0.2) is 11.5 Å². The molecule has 1 heterocycles. The molecule has 2 aliphatic carbocycles. The maximum absolute atomic E-state index is 13.7. The van der Waals surface area contributed by atoms with Gasteiger partial charge in [0, 0.05) is 29.1 Å². The lowest BCUT2D eigenvalue weighted by atomic mass is 9.91. The van der Waals surface area contributed by atoms with Gasteiger partial charge in [0.1, 0.15) is 6.04 Å². The molecule has 4 aromatic rings. The predicted octanol–water partition coefficient (Wildman–Crippen LogP) is 5.34. The molecule has 10 heteroatoms. The minimum Gasteiger partial charge on any atom is -0.493 e. The number of anilines is 1. The molecule has 3 aromatic carbocycles. The molecule has 2 amide bonds. The van der Waals surface area contributed by atoms with Gasteiger partial charge >= 0.3 is 0 Å². The number of aromatic amines is 1. The van der Waals surface area contributed by atoms with E-state index in [1.54, 1.807) is 40.4 Å². The van der Waals surface area contributed by atoms with Crippen LogP contribution in [0.25, 0.3) is 22.0 Å². The van der Waals surface area contributed by atoms with E-state index >= 15 is 0 Å². The van der Waals surface area contributed by atoms with Crippen LogP contribution in [0.4, 0.5) is 5.69 Å². The van der Waals surface area contributed by atoms with Crippen molar-refractivity contribution in [3.63, 3.8) is 0 Å². The van der Waals surface area contributed by atoms with Crippen molar-refractivity contribution in [2.45, 2.75) is 64.1 Å². The minimum absolute atomic E-state index is 0.142. The summed E-state index contributed by atoms with van der Waals surface area (Å²) in [5.41, 5.74) is 6.43. The van der Waals surface area contributed by atoms with Crippen LogP contribution in [0.15, 0.2) is 53.3 Å². The Bertz CT molecular complexity index is 1880. The molecule has 0 spiro atoms. The van der Waals surface area contributed by atoms with Crippen molar-refractivity contribution in [2.75, 3.05) is 26.6 Å². The topological polar surface area (TPSA) is 131 Å². The molecule has 0 fully saturated rings. The number of benzene rings is 2. The molecule has 2 aliphatic rings. The highest BCUT2D eigenvalue weighted by Gasteiger charge is 2.30. The van der Waals surface area contributed by atoms with Crippen molar-refractivity contribution in [1.82, 2.24) is 15.6 Å². The van der Waals surface area contributed by atoms with Gasteiger partial charge in [0.2, 0.25) is 23.0 Å². The lowest BCUT2D eigenvalue weighted by molar-refractivity contribution is -0.122. The van der Waals surface area contributed by atoms with Crippen LogP contribution in [0, 0.1) is 0 Å². The van der Waals surface area contributed by atoms with Gasteiger partial charge in [-0.2, -0.15) is 0 Å². The third-order valence-electron chi connectivity index (χ3n) is 9.11. The summed E-state index contributed by atoms with van der Waals surface area (Å²) in [6, 6.07) is 13.9. The molecule has 240 valence electrons. The van der Waals surface area contributed by atoms with Gasteiger partial charge in [-0.05, 0) is 85.5 Å². The Morgan fingerprint density at radius 2 is 1.70 bits per heavy atom. The third kappa shape index (κ3) is 5.63. The van der Waals surface area contributed by atoms with E-state index in [0.717, 1.165) is 47.2 Å². The zero-order valence-electron chi connectivity index (χ0n) is 26.8. The van der Waals surface area contributed by atoms with Crippen LogP contribution in [0.3, 0.4) is 0 Å². The highest BCUT2D eigenvalue weighted by atomic mass is 16.5. The number of rotatable bonds is 8. The molecule has 0 aliphatic heterocycles. The summed E-state index contributed by atoms with van der Waals surface area (Å²) in [6.45, 7) is 3.21. The number of aromatic nitrogens is 1. The molecule has 0 radical (unpaired) electrons. The number of amides is 2. The molecular weight excluding hydrogens is 584 g/mol. The standard InChI is InChI=1S/C36H40N4O6/c1-19(36(43)40-29-12-8-10-24-22-9-6-7-11-26(22)39-33(24)29)37-28-16-14-23-25(18-30(28)42)27(38-20(2)41)15-13-21-17-31(44-3)34(45-4)35(46-5)32(21)23/h6-7,9,11,14,16-19,27,29,39H,8,10,12-13,15H2,1-5H3,(H,37,42)(H,38,41)(H,40,43)/t19-,27-,29-/m0/s1. The quantitative estimate of drug-likeness (QED) is 0.208. The first-order valence-corrected chi connectivity index (χ1v) is 15.7. The highest BCUT2D eigenvalue weighted by Crippen LogP contribution is 2.50. The monoisotopic (exact) mass is 624 g/mol. The maximum atomic E-state index is 13.7. The number of H-pyrrole nitrogens is 1. The molecule has 0 bridgehead atoms. The SMILES string of the molecule is COc1cc2c(c(OC)c1OC)-c1ccc(N[C@@H](C)C(=O)N[C@H]3CCCc4c3[nH]c3ccccc43)c(=O)cc1[C@@H](NC(C)=O)CC2. The Labute approximate surface area is 267 Å². The van der Waals surface area contributed by atoms with Crippen LogP contribution in [0.1, 0.15) is 67.6 Å². The van der Waals surface area contributed by atoms with Gasteiger partial charge in [0.05, 0.1) is 39.1 Å². The average molecular weight is 625 g/mol. The smallest absolute Gasteiger partial charge is 0.242 e. The van der Waals surface area contributed by atoms with E-state index in [-0.39, 0.29) is 29.0 Å². The maximum Gasteiger partial charge on any atom is 0.242 e. The van der Waals surface area contributed by atoms with Crippen LogP contribution in [-0.2, 0) is 22.4 Å². The molecular formula is C36H40N4O6. The summed E-state index contributed by atoms with van der Waals surface area (Å²) < 4.78 is 17.2. The Kier molecular flexibility index (Phi) is 8.62. The molecule has 4 N–H and O–H groups in total. The van der Waals surface area contributed by atoms with Crippen molar-refractivity contribution in [3.8, 4) is 28.4 Å². The van der Waals surface area contributed by atoms with E-state index in [1.807, 2.05) is 24.3 Å². The zero-order valence-corrected chi connectivity index (χ0v) is 26.8. The Hall–Kier alpha value is -4.99. The average Bonchev–Trinajstić information content (AvgIpc) is 3.28. The fraction of sp³-hybridized carbons (Fsp3) is 0.361. The lowest BCUT2D eigenvalue weighted by Gasteiger charge is -2.25. The second-order valence-electron chi connectivity index (χ2n) is 12.0. The highest BCUT2D eigenvalue weighted by molar-refractivity contribution is 5.88. The van der Waals surface area contributed by atoms with E-state index in [0.29, 0.717) is 35.7 Å². The van der Waals surface area contributed by atoms with Crippen molar-refractivity contribution >= 4 is 28.4 Å². The summed E-state index contributed by atoms with van der Waals surface area (Å²) in [5, 5.41) is 10.6. The van der Waals surface area contributed by atoms with E-state index in [9.17, 15) is 14.4 Å². The fourth-order valence-electron chi connectivity index (χ4n) is 6.98. The zero-order chi connectivity index (χ0) is 32.5. The van der Waals surface area contributed by atoms with Crippen molar-refractivity contribution in [1.29, 1.82) is 0 Å². The number of fused-ring (bicyclic) bond motifs is 6. The Balaban J connectivity index is 1.34. The van der Waals surface area contributed by atoms with Crippen molar-refractivity contribution in [2.24, 2.45) is 0 Å². The van der Waals surface area contributed by atoms with E-state index in [4.69, 9.17) is 14.2 Å². The van der Waals surface area contributed by atoms with Crippen LogP contribution >= 0.6 is 0 Å². The third-order valence-corrected chi connectivity index (χ3v) is 9.11. The van der Waals surface area contributed by atoms with Gasteiger partial charge in [0.25, 0.3) is 0 Å². The number of nitrogens with one attached hydrogen (secondary N) is 4. The van der Waals surface area contributed by atoms with Gasteiger partial charge in [-0.25, -0.2) is 0 Å². The Morgan fingerprint density at radius 3 is 2.43 bits per heavy atom. The first-order chi connectivity index (χ1) is 22.2. The van der Waals surface area contributed by atoms with Gasteiger partial charge in [-0.1, -0.05) is 24.3 Å². The summed E-state index contributed by atoms with van der Waals surface area (Å²) in [7, 11) is 4.68. The molecule has 0 unspecified atom stereocenters. The first-order valence-electron chi connectivity index (χ1n) is 15.7. The van der Waals surface area contributed by atoms with E-state index in [1.165, 1.54) is 17.9 Å². The van der Waals surface area contributed by atoms with Gasteiger partial charge in [-0.15, -0.1) is 0 Å². The number of aryl methyl sites for hydroxylation is 2. The van der Waals surface area contributed by atoms with Gasteiger partial charge in [-0.3, -0.25) is 14.4 Å².